The molecule has 1 aromatic carbocycles. The molecule has 6 nitrogen and oxygen atoms in total. The molecule has 7 heteroatoms. The van der Waals surface area contributed by atoms with Crippen LogP contribution < -0.4 is 14.2 Å². The van der Waals surface area contributed by atoms with Gasteiger partial charge in [-0.05, 0) is 36.8 Å². The quantitative estimate of drug-likeness (QED) is 0.750. The maximum absolute atomic E-state index is 12.3. The molecule has 0 unspecified atom stereocenters. The van der Waals surface area contributed by atoms with Crippen LogP contribution in [0.2, 0.25) is 0 Å². The summed E-state index contributed by atoms with van der Waals surface area (Å²) in [5, 5.41) is 0. The molecule has 0 saturated heterocycles. The minimum atomic E-state index is -3.66. The van der Waals surface area contributed by atoms with Crippen molar-refractivity contribution in [1.82, 2.24) is 4.98 Å². The first-order valence-corrected chi connectivity index (χ1v) is 8.79. The third-order valence-corrected chi connectivity index (χ3v) is 4.50. The van der Waals surface area contributed by atoms with Gasteiger partial charge in [0.25, 0.3) is 10.0 Å². The lowest BCUT2D eigenvalue weighted by molar-refractivity contribution is 0.309. The number of nitrogens with zero attached hydrogens (tertiary/aromatic N) is 1. The van der Waals surface area contributed by atoms with Gasteiger partial charge in [0.2, 0.25) is 5.88 Å². The van der Waals surface area contributed by atoms with Crippen molar-refractivity contribution in [2.24, 2.45) is 0 Å². The van der Waals surface area contributed by atoms with E-state index in [0.717, 1.165) is 12.8 Å². The van der Waals surface area contributed by atoms with Crippen LogP contribution in [-0.2, 0) is 10.0 Å². The zero-order valence-corrected chi connectivity index (χ0v) is 14.0. The zero-order chi connectivity index (χ0) is 16.7. The molecule has 0 radical (unpaired) electrons. The summed E-state index contributed by atoms with van der Waals surface area (Å²) < 4.78 is 37.6. The minimum absolute atomic E-state index is 0.163. The molecular formula is C16H20N2O4S. The second-order valence-electron chi connectivity index (χ2n) is 4.87. The molecule has 0 spiro atoms. The van der Waals surface area contributed by atoms with E-state index in [9.17, 15) is 8.42 Å². The topological polar surface area (TPSA) is 77.5 Å². The highest BCUT2D eigenvalue weighted by Gasteiger charge is 2.14. The molecule has 1 aromatic heterocycles. The highest BCUT2D eigenvalue weighted by molar-refractivity contribution is 7.92. The van der Waals surface area contributed by atoms with Gasteiger partial charge in [0.15, 0.2) is 0 Å². The lowest BCUT2D eigenvalue weighted by Crippen LogP contribution is -2.13. The average Bonchev–Trinajstić information content (AvgIpc) is 2.56. The van der Waals surface area contributed by atoms with Gasteiger partial charge in [-0.3, -0.25) is 4.72 Å². The number of nitrogens with one attached hydrogen (secondary N) is 1. The van der Waals surface area contributed by atoms with Crippen molar-refractivity contribution in [2.75, 3.05) is 18.4 Å². The van der Waals surface area contributed by atoms with Gasteiger partial charge in [-0.1, -0.05) is 13.3 Å². The van der Waals surface area contributed by atoms with Crippen molar-refractivity contribution in [2.45, 2.75) is 24.7 Å². The molecule has 0 aliphatic carbocycles. The molecular weight excluding hydrogens is 316 g/mol. The van der Waals surface area contributed by atoms with E-state index >= 15 is 0 Å². The first-order valence-electron chi connectivity index (χ1n) is 7.31. The number of unbranched alkanes of at least 4 members (excludes halogenated alkanes) is 1. The van der Waals surface area contributed by atoms with Crippen LogP contribution in [0.5, 0.6) is 11.6 Å². The highest BCUT2D eigenvalue weighted by Crippen LogP contribution is 2.20. The number of anilines is 1. The van der Waals surface area contributed by atoms with Gasteiger partial charge in [-0.15, -0.1) is 0 Å². The maximum atomic E-state index is 12.3. The first-order chi connectivity index (χ1) is 11.0. The third kappa shape index (κ3) is 4.85. The van der Waals surface area contributed by atoms with E-state index < -0.39 is 10.0 Å². The summed E-state index contributed by atoms with van der Waals surface area (Å²) in [5.74, 6) is 1.07. The monoisotopic (exact) mass is 336 g/mol. The van der Waals surface area contributed by atoms with Crippen LogP contribution in [0.3, 0.4) is 0 Å². The van der Waals surface area contributed by atoms with Crippen molar-refractivity contribution >= 4 is 15.7 Å². The zero-order valence-electron chi connectivity index (χ0n) is 13.2. The predicted molar refractivity (Wildman–Crippen MR) is 88.4 cm³/mol. The number of hydrogen-bond acceptors (Lipinski definition) is 5. The Labute approximate surface area is 136 Å². The fourth-order valence-electron chi connectivity index (χ4n) is 1.82. The number of ether oxygens (including phenoxy) is 2. The molecule has 0 amide bonds. The van der Waals surface area contributed by atoms with Crippen molar-refractivity contribution in [1.29, 1.82) is 0 Å². The SMILES string of the molecule is CCCCOc1ccc(S(=O)(=O)Nc2ccc(OC)nc2)cc1. The maximum Gasteiger partial charge on any atom is 0.261 e. The van der Waals surface area contributed by atoms with Gasteiger partial charge in [-0.25, -0.2) is 13.4 Å². The van der Waals surface area contributed by atoms with E-state index in [-0.39, 0.29) is 4.90 Å². The van der Waals surface area contributed by atoms with Gasteiger partial charge in [0.1, 0.15) is 5.75 Å². The van der Waals surface area contributed by atoms with Gasteiger partial charge in [-0.2, -0.15) is 0 Å². The van der Waals surface area contributed by atoms with Gasteiger partial charge in [0.05, 0.1) is 30.5 Å². The normalized spacial score (nSPS) is 11.0. The van der Waals surface area contributed by atoms with E-state index in [0.29, 0.717) is 23.9 Å². The molecule has 0 saturated carbocycles. The van der Waals surface area contributed by atoms with E-state index in [1.807, 2.05) is 0 Å². The Morgan fingerprint density at radius 1 is 1.13 bits per heavy atom. The van der Waals surface area contributed by atoms with Crippen molar-refractivity contribution in [3.8, 4) is 11.6 Å². The first kappa shape index (κ1) is 17.1. The van der Waals surface area contributed by atoms with E-state index in [1.165, 1.54) is 25.4 Å². The summed E-state index contributed by atoms with van der Waals surface area (Å²) in [4.78, 5) is 4.12. The van der Waals surface area contributed by atoms with Gasteiger partial charge < -0.3 is 9.47 Å². The smallest absolute Gasteiger partial charge is 0.261 e. The van der Waals surface area contributed by atoms with Crippen molar-refractivity contribution in [3.63, 3.8) is 0 Å². The summed E-state index contributed by atoms with van der Waals surface area (Å²) in [6.07, 6.45) is 3.41. The van der Waals surface area contributed by atoms with Crippen LogP contribution in [-0.4, -0.2) is 27.1 Å². The van der Waals surface area contributed by atoms with E-state index in [2.05, 4.69) is 16.6 Å². The van der Waals surface area contributed by atoms with Crippen LogP contribution in [0.4, 0.5) is 5.69 Å². The lowest BCUT2D eigenvalue weighted by atomic mass is 10.3. The number of hydrogen-bond donors (Lipinski definition) is 1. The third-order valence-electron chi connectivity index (χ3n) is 3.10. The predicted octanol–water partition coefficient (Wildman–Crippen LogP) is 3.07. The molecule has 0 atom stereocenters. The molecule has 0 bridgehead atoms. The van der Waals surface area contributed by atoms with Crippen LogP contribution in [0.25, 0.3) is 0 Å². The summed E-state index contributed by atoms with van der Waals surface area (Å²) in [6.45, 7) is 2.71. The van der Waals surface area contributed by atoms with Crippen molar-refractivity contribution in [3.05, 3.63) is 42.6 Å². The summed E-state index contributed by atoms with van der Waals surface area (Å²) in [7, 11) is -2.16. The highest BCUT2D eigenvalue weighted by atomic mass is 32.2. The van der Waals surface area contributed by atoms with Crippen molar-refractivity contribution < 1.29 is 17.9 Å². The number of rotatable bonds is 8. The largest absolute Gasteiger partial charge is 0.494 e. The van der Waals surface area contributed by atoms with Gasteiger partial charge >= 0.3 is 0 Å². The number of benzene rings is 1. The number of pyridine rings is 1. The van der Waals surface area contributed by atoms with E-state index in [1.54, 1.807) is 24.3 Å². The molecule has 0 fully saturated rings. The number of aromatic nitrogens is 1. The Morgan fingerprint density at radius 3 is 2.43 bits per heavy atom. The molecule has 1 N–H and O–H groups in total. The Bertz CT molecular complexity index is 713. The molecule has 23 heavy (non-hydrogen) atoms. The average molecular weight is 336 g/mol. The minimum Gasteiger partial charge on any atom is -0.494 e. The summed E-state index contributed by atoms with van der Waals surface area (Å²) in [6, 6.07) is 9.50. The Hall–Kier alpha value is -2.28. The van der Waals surface area contributed by atoms with Gasteiger partial charge in [0, 0.05) is 6.07 Å². The van der Waals surface area contributed by atoms with Crippen LogP contribution in [0, 0.1) is 0 Å². The molecule has 0 aliphatic rings. The van der Waals surface area contributed by atoms with E-state index in [4.69, 9.17) is 9.47 Å². The standard InChI is InChI=1S/C16H20N2O4S/c1-3-4-11-22-14-6-8-15(9-7-14)23(19,20)18-13-5-10-16(21-2)17-12-13/h5-10,12,18H,3-4,11H2,1-2H3. The Balaban J connectivity index is 2.06. The number of sulfonamides is 1. The summed E-state index contributed by atoms with van der Waals surface area (Å²) in [5.41, 5.74) is 0.370. The second-order valence-corrected chi connectivity index (χ2v) is 6.55. The summed E-state index contributed by atoms with van der Waals surface area (Å²) >= 11 is 0. The van der Waals surface area contributed by atoms with Crippen LogP contribution in [0.15, 0.2) is 47.5 Å². The molecule has 1 heterocycles. The molecule has 2 aromatic rings. The lowest BCUT2D eigenvalue weighted by Gasteiger charge is -2.09. The molecule has 124 valence electrons. The Kier molecular flexibility index (Phi) is 5.81. The molecule has 2 rings (SSSR count). The second kappa shape index (κ2) is 7.82. The number of methoxy groups -OCH3 is 1. The fraction of sp³-hybridized carbons (Fsp3) is 0.312. The van der Waals surface area contributed by atoms with Crippen LogP contribution >= 0.6 is 0 Å². The van der Waals surface area contributed by atoms with Crippen LogP contribution in [0.1, 0.15) is 19.8 Å². The Morgan fingerprint density at radius 2 is 1.87 bits per heavy atom. The fourth-order valence-corrected chi connectivity index (χ4v) is 2.87. The molecule has 0 aliphatic heterocycles.